The molecular formula is C20H20N2O3. The molecule has 0 amide bonds. The van der Waals surface area contributed by atoms with Gasteiger partial charge in [0.1, 0.15) is 12.7 Å². The van der Waals surface area contributed by atoms with E-state index in [0.717, 1.165) is 29.4 Å². The third-order valence-corrected chi connectivity index (χ3v) is 4.10. The van der Waals surface area contributed by atoms with E-state index in [9.17, 15) is 0 Å². The summed E-state index contributed by atoms with van der Waals surface area (Å²) in [5.41, 5.74) is 1.03. The fourth-order valence-electron chi connectivity index (χ4n) is 2.92. The van der Waals surface area contributed by atoms with Crippen molar-refractivity contribution in [2.45, 2.75) is 12.6 Å². The number of aromatic nitrogens is 1. The lowest BCUT2D eigenvalue weighted by molar-refractivity contribution is 0.0619. The van der Waals surface area contributed by atoms with Crippen LogP contribution in [0.3, 0.4) is 0 Å². The normalized spacial score (nSPS) is 16.2. The summed E-state index contributed by atoms with van der Waals surface area (Å²) in [5.74, 6) is 3.09. The summed E-state index contributed by atoms with van der Waals surface area (Å²) in [5, 5.41) is 0. The van der Waals surface area contributed by atoms with Crippen molar-refractivity contribution < 1.29 is 13.9 Å². The smallest absolute Gasteiger partial charge is 0.209 e. The first-order chi connectivity index (χ1) is 12.3. The molecule has 1 aliphatic heterocycles. The van der Waals surface area contributed by atoms with Crippen molar-refractivity contribution in [1.29, 1.82) is 0 Å². The average molecular weight is 336 g/mol. The number of benzene rings is 2. The van der Waals surface area contributed by atoms with Crippen molar-refractivity contribution in [3.8, 4) is 22.8 Å². The zero-order valence-corrected chi connectivity index (χ0v) is 14.1. The van der Waals surface area contributed by atoms with E-state index in [1.807, 2.05) is 61.6 Å². The lowest BCUT2D eigenvalue weighted by atomic mass is 10.2. The molecule has 0 unspecified atom stereocenters. The van der Waals surface area contributed by atoms with Crippen LogP contribution in [-0.4, -0.2) is 36.2 Å². The number of hydrogen-bond donors (Lipinski definition) is 0. The third kappa shape index (κ3) is 3.67. The van der Waals surface area contributed by atoms with Gasteiger partial charge in [-0.1, -0.05) is 42.5 Å². The molecule has 0 saturated heterocycles. The monoisotopic (exact) mass is 336 g/mol. The number of fused-ring (bicyclic) bond motifs is 1. The predicted octanol–water partition coefficient (Wildman–Crippen LogP) is 3.61. The number of hydrogen-bond acceptors (Lipinski definition) is 5. The van der Waals surface area contributed by atoms with Crippen LogP contribution in [0.1, 0.15) is 5.89 Å². The first-order valence-corrected chi connectivity index (χ1v) is 8.35. The lowest BCUT2D eigenvalue weighted by Gasteiger charge is -2.29. The zero-order valence-electron chi connectivity index (χ0n) is 14.1. The molecule has 1 aliphatic rings. The molecule has 25 heavy (non-hydrogen) atoms. The van der Waals surface area contributed by atoms with Gasteiger partial charge in [-0.25, -0.2) is 4.98 Å². The predicted molar refractivity (Wildman–Crippen MR) is 94.6 cm³/mol. The molecule has 0 spiro atoms. The molecule has 2 heterocycles. The highest BCUT2D eigenvalue weighted by Gasteiger charge is 2.22. The van der Waals surface area contributed by atoms with E-state index >= 15 is 0 Å². The SMILES string of the molecule is CN(Cc1ncc(-c2ccccc2)o1)C[C@@H]1COc2ccccc2O1. The number of nitrogens with zero attached hydrogens (tertiary/aromatic N) is 2. The van der Waals surface area contributed by atoms with E-state index in [1.54, 1.807) is 6.20 Å². The largest absolute Gasteiger partial charge is 0.486 e. The summed E-state index contributed by atoms with van der Waals surface area (Å²) in [6, 6.07) is 17.7. The van der Waals surface area contributed by atoms with Gasteiger partial charge in [0.2, 0.25) is 5.89 Å². The van der Waals surface area contributed by atoms with Gasteiger partial charge in [0.15, 0.2) is 17.3 Å². The van der Waals surface area contributed by atoms with Crippen LogP contribution in [0.4, 0.5) is 0 Å². The summed E-state index contributed by atoms with van der Waals surface area (Å²) in [4.78, 5) is 6.51. The van der Waals surface area contributed by atoms with Crippen LogP contribution in [0.5, 0.6) is 11.5 Å². The van der Waals surface area contributed by atoms with Gasteiger partial charge in [-0.05, 0) is 19.2 Å². The van der Waals surface area contributed by atoms with Crippen molar-refractivity contribution >= 4 is 0 Å². The van der Waals surface area contributed by atoms with Gasteiger partial charge < -0.3 is 13.9 Å². The Morgan fingerprint density at radius 3 is 2.64 bits per heavy atom. The van der Waals surface area contributed by atoms with Gasteiger partial charge >= 0.3 is 0 Å². The maximum absolute atomic E-state index is 6.00. The van der Waals surface area contributed by atoms with Crippen LogP contribution in [0.15, 0.2) is 65.2 Å². The highest BCUT2D eigenvalue weighted by Crippen LogP contribution is 2.31. The molecule has 0 saturated carbocycles. The standard InChI is InChI=1S/C20H20N2O3/c1-22(12-16-14-23-17-9-5-6-10-18(17)24-16)13-20-21-11-19(25-20)15-7-3-2-4-8-15/h2-11,16H,12-14H2,1H3/t16-/m1/s1. The summed E-state index contributed by atoms with van der Waals surface area (Å²) < 4.78 is 17.6. The molecule has 0 bridgehead atoms. The fraction of sp³-hybridized carbons (Fsp3) is 0.250. The van der Waals surface area contributed by atoms with Gasteiger partial charge in [0.05, 0.1) is 12.7 Å². The van der Waals surface area contributed by atoms with Crippen LogP contribution in [0.2, 0.25) is 0 Å². The lowest BCUT2D eigenvalue weighted by Crippen LogP contribution is -2.39. The average Bonchev–Trinajstić information content (AvgIpc) is 3.10. The second-order valence-electron chi connectivity index (χ2n) is 6.18. The topological polar surface area (TPSA) is 47.7 Å². The van der Waals surface area contributed by atoms with Crippen molar-refractivity contribution in [3.63, 3.8) is 0 Å². The van der Waals surface area contributed by atoms with Crippen LogP contribution in [-0.2, 0) is 6.54 Å². The van der Waals surface area contributed by atoms with Crippen LogP contribution >= 0.6 is 0 Å². The molecule has 0 radical (unpaired) electrons. The number of likely N-dealkylation sites (N-methyl/N-ethyl adjacent to an activating group) is 1. The van der Waals surface area contributed by atoms with Crippen molar-refractivity contribution in [1.82, 2.24) is 9.88 Å². The minimum atomic E-state index is -0.0107. The molecule has 5 heteroatoms. The van der Waals surface area contributed by atoms with Crippen LogP contribution in [0, 0.1) is 0 Å². The second kappa shape index (κ2) is 6.99. The van der Waals surface area contributed by atoms with E-state index < -0.39 is 0 Å². The summed E-state index contributed by atoms with van der Waals surface area (Å²) in [7, 11) is 2.02. The quantitative estimate of drug-likeness (QED) is 0.712. The number of oxazole rings is 1. The Hall–Kier alpha value is -2.79. The van der Waals surface area contributed by atoms with E-state index in [1.165, 1.54) is 0 Å². The van der Waals surface area contributed by atoms with Gasteiger partial charge in [0, 0.05) is 12.1 Å². The van der Waals surface area contributed by atoms with E-state index in [2.05, 4.69) is 9.88 Å². The Kier molecular flexibility index (Phi) is 4.39. The van der Waals surface area contributed by atoms with Crippen molar-refractivity contribution in [2.75, 3.05) is 20.2 Å². The summed E-state index contributed by atoms with van der Waals surface area (Å²) in [6.07, 6.45) is 1.76. The Balaban J connectivity index is 1.35. The minimum Gasteiger partial charge on any atom is -0.486 e. The molecule has 0 N–H and O–H groups in total. The zero-order chi connectivity index (χ0) is 17.1. The summed E-state index contributed by atoms with van der Waals surface area (Å²) >= 11 is 0. The molecular weight excluding hydrogens is 316 g/mol. The molecule has 128 valence electrons. The highest BCUT2D eigenvalue weighted by molar-refractivity contribution is 5.55. The maximum atomic E-state index is 6.00. The maximum Gasteiger partial charge on any atom is 0.209 e. The van der Waals surface area contributed by atoms with Crippen LogP contribution < -0.4 is 9.47 Å². The molecule has 1 aromatic heterocycles. The molecule has 4 rings (SSSR count). The van der Waals surface area contributed by atoms with Gasteiger partial charge in [-0.2, -0.15) is 0 Å². The first kappa shape index (κ1) is 15.7. The molecule has 2 aromatic carbocycles. The number of ether oxygens (including phenoxy) is 2. The Bertz CT molecular complexity index is 832. The fourth-order valence-corrected chi connectivity index (χ4v) is 2.92. The summed E-state index contributed by atoms with van der Waals surface area (Å²) in [6.45, 7) is 1.90. The Morgan fingerprint density at radius 1 is 1.04 bits per heavy atom. The molecule has 0 fully saturated rings. The Morgan fingerprint density at radius 2 is 1.80 bits per heavy atom. The van der Waals surface area contributed by atoms with E-state index in [-0.39, 0.29) is 6.10 Å². The highest BCUT2D eigenvalue weighted by atomic mass is 16.6. The Labute approximate surface area is 146 Å². The molecule has 3 aromatic rings. The third-order valence-electron chi connectivity index (χ3n) is 4.10. The van der Waals surface area contributed by atoms with Crippen LogP contribution in [0.25, 0.3) is 11.3 Å². The van der Waals surface area contributed by atoms with E-state index in [4.69, 9.17) is 13.9 Å². The van der Waals surface area contributed by atoms with Gasteiger partial charge in [0.25, 0.3) is 0 Å². The van der Waals surface area contributed by atoms with E-state index in [0.29, 0.717) is 19.0 Å². The number of rotatable bonds is 5. The molecule has 5 nitrogen and oxygen atoms in total. The van der Waals surface area contributed by atoms with Gasteiger partial charge in [-0.15, -0.1) is 0 Å². The molecule has 1 atom stereocenters. The van der Waals surface area contributed by atoms with Crippen molar-refractivity contribution in [3.05, 3.63) is 66.7 Å². The molecule has 0 aliphatic carbocycles. The number of para-hydroxylation sites is 2. The first-order valence-electron chi connectivity index (χ1n) is 8.35. The van der Waals surface area contributed by atoms with Crippen molar-refractivity contribution in [2.24, 2.45) is 0 Å². The minimum absolute atomic E-state index is 0.0107. The second-order valence-corrected chi connectivity index (χ2v) is 6.18. The van der Waals surface area contributed by atoms with Gasteiger partial charge in [-0.3, -0.25) is 4.90 Å².